The van der Waals surface area contributed by atoms with Crippen molar-refractivity contribution in [2.45, 2.75) is 6.42 Å². The normalized spacial score (nSPS) is 10.8. The molecule has 0 fully saturated rings. The fourth-order valence-corrected chi connectivity index (χ4v) is 2.45. The molecule has 116 valence electrons. The third-order valence-corrected chi connectivity index (χ3v) is 3.61. The number of hydrogen-bond donors (Lipinski definition) is 2. The Balaban J connectivity index is 1.68. The summed E-state index contributed by atoms with van der Waals surface area (Å²) in [6.45, 7) is 0. The monoisotopic (exact) mass is 318 g/mol. The lowest BCUT2D eigenvalue weighted by Crippen LogP contribution is -2.12. The Labute approximate surface area is 134 Å². The Morgan fingerprint density at radius 2 is 2.12 bits per heavy atom. The van der Waals surface area contributed by atoms with Gasteiger partial charge in [0.1, 0.15) is 17.3 Å². The molecule has 0 aliphatic heterocycles. The molecular weight excluding hydrogens is 308 g/mol. The molecule has 0 saturated heterocycles. The Kier molecular flexibility index (Phi) is 3.17. The van der Waals surface area contributed by atoms with Gasteiger partial charge >= 0.3 is 0 Å². The Bertz CT molecular complexity index is 1130. The zero-order chi connectivity index (χ0) is 16.5. The second-order valence-corrected chi connectivity index (χ2v) is 5.16. The maximum atomic E-state index is 12.2. The minimum absolute atomic E-state index is 0.163. The van der Waals surface area contributed by atoms with Crippen LogP contribution in [0.25, 0.3) is 22.5 Å². The van der Waals surface area contributed by atoms with Gasteiger partial charge in [0.2, 0.25) is 5.89 Å². The molecular formula is C16H10N6O2. The molecule has 3 heterocycles. The summed E-state index contributed by atoms with van der Waals surface area (Å²) in [6.07, 6.45) is 1.58. The highest BCUT2D eigenvalue weighted by atomic mass is 16.4. The molecule has 0 radical (unpaired) electrons. The summed E-state index contributed by atoms with van der Waals surface area (Å²) in [5.41, 5.74) is 1.77. The number of pyridine rings is 1. The average molecular weight is 318 g/mol. The number of aromatic nitrogens is 5. The van der Waals surface area contributed by atoms with E-state index in [1.54, 1.807) is 6.07 Å². The lowest BCUT2D eigenvalue weighted by atomic mass is 10.1. The van der Waals surface area contributed by atoms with Gasteiger partial charge in [-0.05, 0) is 17.5 Å². The van der Waals surface area contributed by atoms with Gasteiger partial charge in [0.15, 0.2) is 0 Å². The first kappa shape index (κ1) is 13.9. The van der Waals surface area contributed by atoms with Crippen molar-refractivity contribution >= 4 is 10.9 Å². The number of fused-ring (bicyclic) bond motifs is 1. The second kappa shape index (κ2) is 5.48. The SMILES string of the molecule is N#Cc1cn[nH]c1-c1nnc(Cc2cc3ccccc3[nH]c2=O)o1. The van der Waals surface area contributed by atoms with E-state index in [4.69, 9.17) is 9.68 Å². The molecule has 0 unspecified atom stereocenters. The van der Waals surface area contributed by atoms with Gasteiger partial charge < -0.3 is 9.40 Å². The third-order valence-electron chi connectivity index (χ3n) is 3.61. The molecule has 0 bridgehead atoms. The van der Waals surface area contributed by atoms with Crippen LogP contribution in [0.3, 0.4) is 0 Å². The van der Waals surface area contributed by atoms with E-state index < -0.39 is 0 Å². The maximum Gasteiger partial charge on any atom is 0.267 e. The first-order valence-corrected chi connectivity index (χ1v) is 7.12. The van der Waals surface area contributed by atoms with Crippen molar-refractivity contribution in [1.29, 1.82) is 5.26 Å². The van der Waals surface area contributed by atoms with Gasteiger partial charge in [0.05, 0.1) is 12.6 Å². The van der Waals surface area contributed by atoms with E-state index in [0.29, 0.717) is 16.8 Å². The minimum atomic E-state index is -0.201. The summed E-state index contributed by atoms with van der Waals surface area (Å²) in [4.78, 5) is 15.0. The molecule has 24 heavy (non-hydrogen) atoms. The molecule has 0 amide bonds. The van der Waals surface area contributed by atoms with Crippen molar-refractivity contribution in [3.8, 4) is 17.7 Å². The zero-order valence-corrected chi connectivity index (χ0v) is 12.3. The predicted molar refractivity (Wildman–Crippen MR) is 84.0 cm³/mol. The molecule has 8 nitrogen and oxygen atoms in total. The van der Waals surface area contributed by atoms with E-state index in [2.05, 4.69) is 25.4 Å². The highest BCUT2D eigenvalue weighted by Crippen LogP contribution is 2.20. The van der Waals surface area contributed by atoms with E-state index in [9.17, 15) is 4.79 Å². The van der Waals surface area contributed by atoms with Gasteiger partial charge in [-0.15, -0.1) is 10.2 Å². The third kappa shape index (κ3) is 2.34. The number of para-hydroxylation sites is 1. The zero-order valence-electron chi connectivity index (χ0n) is 12.3. The van der Waals surface area contributed by atoms with Crippen LogP contribution in [-0.4, -0.2) is 25.4 Å². The predicted octanol–water partition coefficient (Wildman–Crippen LogP) is 1.76. The summed E-state index contributed by atoms with van der Waals surface area (Å²) in [5, 5.41) is 24.2. The van der Waals surface area contributed by atoms with Gasteiger partial charge in [-0.1, -0.05) is 18.2 Å². The van der Waals surface area contributed by atoms with E-state index >= 15 is 0 Å². The first-order valence-electron chi connectivity index (χ1n) is 7.12. The van der Waals surface area contributed by atoms with E-state index in [1.165, 1.54) is 6.20 Å². The molecule has 0 aliphatic rings. The van der Waals surface area contributed by atoms with Crippen LogP contribution in [0.2, 0.25) is 0 Å². The maximum absolute atomic E-state index is 12.2. The highest BCUT2D eigenvalue weighted by Gasteiger charge is 2.16. The molecule has 0 saturated carbocycles. The van der Waals surface area contributed by atoms with Crippen LogP contribution in [0.1, 0.15) is 17.0 Å². The summed E-state index contributed by atoms with van der Waals surface area (Å²) >= 11 is 0. The summed E-state index contributed by atoms with van der Waals surface area (Å²) in [5.74, 6) is 0.445. The summed E-state index contributed by atoms with van der Waals surface area (Å²) in [7, 11) is 0. The number of nitriles is 1. The Hall–Kier alpha value is -3.73. The fourth-order valence-electron chi connectivity index (χ4n) is 2.45. The van der Waals surface area contributed by atoms with Crippen LogP contribution in [0.4, 0.5) is 0 Å². The van der Waals surface area contributed by atoms with Crippen molar-refractivity contribution in [1.82, 2.24) is 25.4 Å². The van der Waals surface area contributed by atoms with Crippen LogP contribution in [0.5, 0.6) is 0 Å². The van der Waals surface area contributed by atoms with Gasteiger partial charge in [-0.3, -0.25) is 9.89 Å². The van der Waals surface area contributed by atoms with E-state index in [-0.39, 0.29) is 23.8 Å². The molecule has 3 aromatic heterocycles. The van der Waals surface area contributed by atoms with Crippen molar-refractivity contribution in [3.63, 3.8) is 0 Å². The molecule has 8 heteroatoms. The van der Waals surface area contributed by atoms with Crippen LogP contribution in [0, 0.1) is 11.3 Å². The number of benzene rings is 1. The van der Waals surface area contributed by atoms with Crippen molar-refractivity contribution in [2.24, 2.45) is 0 Å². The first-order chi connectivity index (χ1) is 11.7. The highest BCUT2D eigenvalue weighted by molar-refractivity contribution is 5.78. The summed E-state index contributed by atoms with van der Waals surface area (Å²) in [6, 6.07) is 11.3. The number of aromatic amines is 2. The van der Waals surface area contributed by atoms with Gasteiger partial charge in [0.25, 0.3) is 11.4 Å². The van der Waals surface area contributed by atoms with Crippen LogP contribution in [0.15, 0.2) is 45.7 Å². The lowest BCUT2D eigenvalue weighted by Gasteiger charge is -2.00. The molecule has 0 aliphatic carbocycles. The molecule has 0 spiro atoms. The Morgan fingerprint density at radius 1 is 1.25 bits per heavy atom. The largest absolute Gasteiger partial charge is 0.419 e. The smallest absolute Gasteiger partial charge is 0.267 e. The molecule has 2 N–H and O–H groups in total. The van der Waals surface area contributed by atoms with Crippen LogP contribution >= 0.6 is 0 Å². The number of nitrogens with one attached hydrogen (secondary N) is 2. The average Bonchev–Trinajstić information content (AvgIpc) is 3.24. The van der Waals surface area contributed by atoms with Gasteiger partial charge in [0, 0.05) is 11.1 Å². The molecule has 0 atom stereocenters. The van der Waals surface area contributed by atoms with Gasteiger partial charge in [-0.2, -0.15) is 10.4 Å². The van der Waals surface area contributed by atoms with Crippen LogP contribution in [-0.2, 0) is 6.42 Å². The molecule has 4 rings (SSSR count). The standard InChI is InChI=1S/C16H10N6O2/c17-7-11-8-18-21-14(11)16-22-20-13(24-16)6-10-5-9-3-1-2-4-12(9)19-15(10)23/h1-5,8H,6H2,(H,18,21)(H,19,23). The second-order valence-electron chi connectivity index (χ2n) is 5.16. The number of rotatable bonds is 3. The number of nitrogens with zero attached hydrogens (tertiary/aromatic N) is 4. The quantitative estimate of drug-likeness (QED) is 0.593. The number of hydrogen-bond acceptors (Lipinski definition) is 6. The fraction of sp³-hybridized carbons (Fsp3) is 0.0625. The summed E-state index contributed by atoms with van der Waals surface area (Å²) < 4.78 is 5.54. The van der Waals surface area contributed by atoms with Crippen molar-refractivity contribution < 1.29 is 4.42 Å². The minimum Gasteiger partial charge on any atom is -0.419 e. The van der Waals surface area contributed by atoms with Crippen molar-refractivity contribution in [2.75, 3.05) is 0 Å². The number of H-pyrrole nitrogens is 2. The van der Waals surface area contributed by atoms with E-state index in [1.807, 2.05) is 30.3 Å². The van der Waals surface area contributed by atoms with Crippen LogP contribution < -0.4 is 5.56 Å². The van der Waals surface area contributed by atoms with Gasteiger partial charge in [-0.25, -0.2) is 0 Å². The Morgan fingerprint density at radius 3 is 3.00 bits per heavy atom. The lowest BCUT2D eigenvalue weighted by molar-refractivity contribution is 0.515. The molecule has 1 aromatic carbocycles. The topological polar surface area (TPSA) is 124 Å². The molecule has 4 aromatic rings. The van der Waals surface area contributed by atoms with E-state index in [0.717, 1.165) is 10.9 Å². The van der Waals surface area contributed by atoms with Crippen molar-refractivity contribution in [3.05, 3.63) is 63.9 Å².